The van der Waals surface area contributed by atoms with E-state index >= 15 is 0 Å². The van der Waals surface area contributed by atoms with E-state index in [4.69, 9.17) is 4.42 Å². The van der Waals surface area contributed by atoms with Gasteiger partial charge >= 0.3 is 0 Å². The lowest BCUT2D eigenvalue weighted by molar-refractivity contribution is 0.0771. The lowest BCUT2D eigenvalue weighted by Crippen LogP contribution is -2.34. The minimum Gasteiger partial charge on any atom is -0.457 e. The summed E-state index contributed by atoms with van der Waals surface area (Å²) in [6, 6.07) is 12.0. The van der Waals surface area contributed by atoms with E-state index in [1.807, 2.05) is 23.1 Å². The van der Waals surface area contributed by atoms with Crippen LogP contribution in [0.25, 0.3) is 5.57 Å². The van der Waals surface area contributed by atoms with Gasteiger partial charge in [-0.15, -0.1) is 0 Å². The molecule has 2 heterocycles. The maximum absolute atomic E-state index is 12.3. The van der Waals surface area contributed by atoms with E-state index in [2.05, 4.69) is 34.1 Å². The van der Waals surface area contributed by atoms with Gasteiger partial charge in [-0.1, -0.05) is 36.4 Å². The smallest absolute Gasteiger partial charge is 0.258 e. The van der Waals surface area contributed by atoms with E-state index < -0.39 is 0 Å². The fraction of sp³-hybridized carbons (Fsp3) is 0.188. The Morgan fingerprint density at radius 3 is 2.60 bits per heavy atom. The van der Waals surface area contributed by atoms with Crippen molar-refractivity contribution in [2.75, 3.05) is 13.1 Å². The van der Waals surface area contributed by atoms with Crippen molar-refractivity contribution >= 4 is 27.4 Å². The van der Waals surface area contributed by atoms with Gasteiger partial charge in [0.2, 0.25) is 0 Å². The third-order valence-electron chi connectivity index (χ3n) is 3.49. The van der Waals surface area contributed by atoms with Crippen LogP contribution < -0.4 is 0 Å². The molecular weight excluding hydrogens is 318 g/mol. The van der Waals surface area contributed by atoms with Gasteiger partial charge in [-0.25, -0.2) is 0 Å². The number of hydrogen-bond acceptors (Lipinski definition) is 2. The van der Waals surface area contributed by atoms with Gasteiger partial charge in [-0.2, -0.15) is 0 Å². The highest BCUT2D eigenvalue weighted by Crippen LogP contribution is 2.25. The first-order valence-corrected chi connectivity index (χ1v) is 7.32. The molecule has 0 saturated heterocycles. The second-order valence-electron chi connectivity index (χ2n) is 4.70. The molecule has 1 amide bonds. The molecule has 0 radical (unpaired) electrons. The summed E-state index contributed by atoms with van der Waals surface area (Å²) in [5.41, 5.74) is 3.13. The zero-order valence-corrected chi connectivity index (χ0v) is 12.5. The van der Waals surface area contributed by atoms with Crippen LogP contribution in [0.1, 0.15) is 22.3 Å². The summed E-state index contributed by atoms with van der Waals surface area (Å²) < 4.78 is 5.62. The van der Waals surface area contributed by atoms with Gasteiger partial charge in [0.05, 0.1) is 11.8 Å². The SMILES string of the molecule is O=C(c1ccoc1Br)N1CC=C(c2ccccc2)CC1. The Bertz CT molecular complexity index is 646. The van der Waals surface area contributed by atoms with Gasteiger partial charge in [0.15, 0.2) is 4.67 Å². The normalized spacial score (nSPS) is 15.1. The van der Waals surface area contributed by atoms with Crippen LogP contribution in [0.4, 0.5) is 0 Å². The van der Waals surface area contributed by atoms with E-state index in [0.717, 1.165) is 13.0 Å². The summed E-state index contributed by atoms with van der Waals surface area (Å²) in [5, 5.41) is 0. The van der Waals surface area contributed by atoms with Gasteiger partial charge in [-0.3, -0.25) is 4.79 Å². The molecule has 0 N–H and O–H groups in total. The topological polar surface area (TPSA) is 33.5 Å². The lowest BCUT2D eigenvalue weighted by Gasteiger charge is -2.26. The van der Waals surface area contributed by atoms with Crippen molar-refractivity contribution in [3.8, 4) is 0 Å². The molecule has 1 aromatic heterocycles. The van der Waals surface area contributed by atoms with Crippen LogP contribution in [0.15, 0.2) is 57.8 Å². The molecule has 0 saturated carbocycles. The van der Waals surface area contributed by atoms with Gasteiger partial charge in [-0.05, 0) is 39.6 Å². The fourth-order valence-electron chi connectivity index (χ4n) is 2.38. The van der Waals surface area contributed by atoms with Crippen LogP contribution in [0.5, 0.6) is 0 Å². The summed E-state index contributed by atoms with van der Waals surface area (Å²) in [5.74, 6) is 0.00832. The highest BCUT2D eigenvalue weighted by atomic mass is 79.9. The number of hydrogen-bond donors (Lipinski definition) is 0. The summed E-state index contributed by atoms with van der Waals surface area (Å²) in [7, 11) is 0. The van der Waals surface area contributed by atoms with Crippen molar-refractivity contribution in [1.82, 2.24) is 4.90 Å². The molecule has 0 bridgehead atoms. The molecule has 102 valence electrons. The standard InChI is InChI=1S/C16H14BrNO2/c17-15-14(8-11-20-15)16(19)18-9-6-13(7-10-18)12-4-2-1-3-5-12/h1-6,8,11H,7,9-10H2. The van der Waals surface area contributed by atoms with Crippen LogP contribution in [-0.2, 0) is 0 Å². The van der Waals surface area contributed by atoms with Crippen molar-refractivity contribution < 1.29 is 9.21 Å². The number of carbonyl (C=O) groups is 1. The zero-order chi connectivity index (χ0) is 13.9. The molecule has 3 nitrogen and oxygen atoms in total. The van der Waals surface area contributed by atoms with Crippen LogP contribution in [0.2, 0.25) is 0 Å². The highest BCUT2D eigenvalue weighted by Gasteiger charge is 2.22. The molecule has 1 aliphatic heterocycles. The maximum Gasteiger partial charge on any atom is 0.258 e. The largest absolute Gasteiger partial charge is 0.457 e. The summed E-state index contributed by atoms with van der Waals surface area (Å²) in [6.45, 7) is 1.37. The summed E-state index contributed by atoms with van der Waals surface area (Å²) >= 11 is 3.25. The molecule has 1 aromatic carbocycles. The molecule has 2 aromatic rings. The Morgan fingerprint density at radius 2 is 2.00 bits per heavy atom. The second kappa shape index (κ2) is 5.67. The number of benzene rings is 1. The lowest BCUT2D eigenvalue weighted by atomic mass is 9.99. The molecular formula is C16H14BrNO2. The first-order valence-electron chi connectivity index (χ1n) is 6.52. The van der Waals surface area contributed by atoms with Crippen LogP contribution in [-0.4, -0.2) is 23.9 Å². The molecule has 0 unspecified atom stereocenters. The average Bonchev–Trinajstić information content (AvgIpc) is 2.94. The Balaban J connectivity index is 1.74. The number of nitrogens with zero attached hydrogens (tertiary/aromatic N) is 1. The Morgan fingerprint density at radius 1 is 1.20 bits per heavy atom. The van der Waals surface area contributed by atoms with Crippen LogP contribution >= 0.6 is 15.9 Å². The van der Waals surface area contributed by atoms with E-state index in [1.165, 1.54) is 17.4 Å². The summed E-state index contributed by atoms with van der Waals surface area (Å²) in [6.07, 6.45) is 4.53. The molecule has 3 rings (SSSR count). The number of halogens is 1. The van der Waals surface area contributed by atoms with Crippen molar-refractivity contribution in [3.05, 3.63) is 64.5 Å². The first kappa shape index (κ1) is 13.2. The van der Waals surface area contributed by atoms with Gasteiger partial charge in [0, 0.05) is 13.1 Å². The predicted octanol–water partition coefficient (Wildman–Crippen LogP) is 3.97. The average molecular weight is 332 g/mol. The van der Waals surface area contributed by atoms with E-state index in [0.29, 0.717) is 16.8 Å². The van der Waals surface area contributed by atoms with Crippen LogP contribution in [0, 0.1) is 0 Å². The molecule has 1 aliphatic rings. The van der Waals surface area contributed by atoms with Crippen LogP contribution in [0.3, 0.4) is 0 Å². The molecule has 20 heavy (non-hydrogen) atoms. The number of rotatable bonds is 2. The van der Waals surface area contributed by atoms with Gasteiger partial charge in [0.1, 0.15) is 0 Å². The van der Waals surface area contributed by atoms with Crippen molar-refractivity contribution in [2.45, 2.75) is 6.42 Å². The highest BCUT2D eigenvalue weighted by molar-refractivity contribution is 9.10. The van der Waals surface area contributed by atoms with Crippen molar-refractivity contribution in [3.63, 3.8) is 0 Å². The van der Waals surface area contributed by atoms with E-state index in [9.17, 15) is 4.79 Å². The summed E-state index contributed by atoms with van der Waals surface area (Å²) in [4.78, 5) is 14.2. The third kappa shape index (κ3) is 2.56. The minimum atomic E-state index is 0.00832. The maximum atomic E-state index is 12.3. The predicted molar refractivity (Wildman–Crippen MR) is 81.3 cm³/mol. The second-order valence-corrected chi connectivity index (χ2v) is 5.42. The number of carbonyl (C=O) groups excluding carboxylic acids is 1. The van der Waals surface area contributed by atoms with Gasteiger partial charge in [0.25, 0.3) is 5.91 Å². The molecule has 0 aliphatic carbocycles. The number of furan rings is 1. The third-order valence-corrected chi connectivity index (χ3v) is 4.10. The molecule has 0 fully saturated rings. The van der Waals surface area contributed by atoms with E-state index in [-0.39, 0.29) is 5.91 Å². The monoisotopic (exact) mass is 331 g/mol. The van der Waals surface area contributed by atoms with E-state index in [1.54, 1.807) is 6.07 Å². The fourth-order valence-corrected chi connectivity index (χ4v) is 2.79. The zero-order valence-electron chi connectivity index (χ0n) is 10.9. The molecule has 0 atom stereocenters. The van der Waals surface area contributed by atoms with Gasteiger partial charge < -0.3 is 9.32 Å². The quantitative estimate of drug-likeness (QED) is 0.834. The van der Waals surface area contributed by atoms with Crippen molar-refractivity contribution in [2.24, 2.45) is 0 Å². The minimum absolute atomic E-state index is 0.00832. The first-order chi connectivity index (χ1) is 9.75. The Hall–Kier alpha value is -1.81. The molecule has 4 heteroatoms. The van der Waals surface area contributed by atoms with Crippen molar-refractivity contribution in [1.29, 1.82) is 0 Å². The number of amides is 1. The Kier molecular flexibility index (Phi) is 3.74. The Labute approximate surface area is 126 Å². The molecule has 0 spiro atoms.